The maximum absolute atomic E-state index is 6.63. The van der Waals surface area contributed by atoms with Crippen LogP contribution in [0.15, 0.2) is 316 Å². The van der Waals surface area contributed by atoms with Crippen LogP contribution in [0.1, 0.15) is 0 Å². The number of aromatic nitrogens is 10. The fraction of sp³-hybridized carbons (Fsp3) is 0. The summed E-state index contributed by atoms with van der Waals surface area (Å²) in [6.45, 7) is 0. The molecule has 0 N–H and O–H groups in total. The molecule has 0 amide bonds. The van der Waals surface area contributed by atoms with Gasteiger partial charge in [-0.25, -0.2) is 15.0 Å². The van der Waals surface area contributed by atoms with Gasteiger partial charge in [0.2, 0.25) is 0 Å². The Balaban J connectivity index is 0.000000134. The van der Waals surface area contributed by atoms with Crippen molar-refractivity contribution in [3.05, 3.63) is 328 Å². The molecule has 0 radical (unpaired) electrons. The zero-order valence-corrected chi connectivity index (χ0v) is 55.9. The largest absolute Gasteiger partial charge is 2.00 e. The second-order valence-electron chi connectivity index (χ2n) is 25.3. The first kappa shape index (κ1) is 58.0. The summed E-state index contributed by atoms with van der Waals surface area (Å²) < 4.78 is 26.5. The van der Waals surface area contributed by atoms with Crippen LogP contribution in [0.2, 0.25) is 0 Å². The molecule has 0 saturated heterocycles. The summed E-state index contributed by atoms with van der Waals surface area (Å²) in [5.74, 6) is 4.41. The average molecular weight is 1480 g/mol. The van der Waals surface area contributed by atoms with Gasteiger partial charge in [0.1, 0.15) is 28.8 Å². The van der Waals surface area contributed by atoms with Gasteiger partial charge in [-0.2, -0.15) is 6.07 Å². The monoisotopic (exact) mass is 1480 g/mol. The van der Waals surface area contributed by atoms with Crippen LogP contribution in [0.25, 0.3) is 165 Å². The van der Waals surface area contributed by atoms with E-state index < -0.39 is 0 Å². The van der Waals surface area contributed by atoms with Crippen molar-refractivity contribution in [1.82, 2.24) is 47.0 Å². The van der Waals surface area contributed by atoms with Gasteiger partial charge in [-0.1, -0.05) is 150 Å². The molecule has 476 valence electrons. The van der Waals surface area contributed by atoms with Gasteiger partial charge in [-0.15, -0.1) is 29.7 Å². The van der Waals surface area contributed by atoms with Crippen LogP contribution < -0.4 is 9.47 Å². The van der Waals surface area contributed by atoms with Crippen LogP contribution in [0, 0.1) is 12.1 Å². The van der Waals surface area contributed by atoms with E-state index in [1.54, 1.807) is 0 Å². The second-order valence-corrected chi connectivity index (χ2v) is 25.3. The van der Waals surface area contributed by atoms with Gasteiger partial charge in [0, 0.05) is 120 Å². The molecule has 22 rings (SSSR count). The third-order valence-electron chi connectivity index (χ3n) is 19.8. The smallest absolute Gasteiger partial charge is 0.503 e. The maximum Gasteiger partial charge on any atom is 2.00 e. The Morgan fingerprint density at radius 3 is 1.30 bits per heavy atom. The Morgan fingerprint density at radius 2 is 0.693 bits per heavy atom. The predicted octanol–water partition coefficient (Wildman–Crippen LogP) is 21.6. The van der Waals surface area contributed by atoms with Crippen LogP contribution in [0.4, 0.5) is 0 Å². The number of imidazole rings is 2. The Bertz CT molecular complexity index is 6670. The van der Waals surface area contributed by atoms with Crippen molar-refractivity contribution in [3.8, 4) is 46.0 Å². The van der Waals surface area contributed by atoms with Crippen molar-refractivity contribution in [2.45, 2.75) is 0 Å². The SMILES string of the molecule is [Pt+2].[c-]1c(Oc2[c-]c3c(cc2)c2ccccc2n3-c2ccccn2)ccc2c1c1nccn1c1cc3c(cc21)c1ccccc1n3-c1ccccc1.c1ccc(-n2c3ccccc3c3cc4c5ccc(Oc6ccc7c8ccccc8n(-c8ccccn8)c7c6)cc5c5nccn5c4cc32)cc1. The molecule has 0 aliphatic carbocycles. The van der Waals surface area contributed by atoms with Gasteiger partial charge < -0.3 is 27.6 Å². The van der Waals surface area contributed by atoms with Crippen molar-refractivity contribution < 1.29 is 30.5 Å². The molecule has 0 saturated carbocycles. The molecule has 12 nitrogen and oxygen atoms in total. The molecule has 0 fully saturated rings. The third kappa shape index (κ3) is 9.05. The van der Waals surface area contributed by atoms with Crippen LogP contribution in [0.3, 0.4) is 0 Å². The van der Waals surface area contributed by atoms with Crippen LogP contribution in [0.5, 0.6) is 23.0 Å². The molecule has 22 aromatic rings. The predicted molar refractivity (Wildman–Crippen MR) is 404 cm³/mol. The van der Waals surface area contributed by atoms with Gasteiger partial charge in [0.05, 0.1) is 44.3 Å². The number of hydrogen-bond acceptors (Lipinski definition) is 6. The molecule has 0 atom stereocenters. The van der Waals surface area contributed by atoms with E-state index in [1.807, 2.05) is 85.6 Å². The minimum absolute atomic E-state index is 0. The van der Waals surface area contributed by atoms with E-state index in [2.05, 4.69) is 280 Å². The summed E-state index contributed by atoms with van der Waals surface area (Å²) in [6, 6.07) is 104. The minimum atomic E-state index is 0. The van der Waals surface area contributed by atoms with E-state index in [0.717, 1.165) is 133 Å². The molecule has 0 unspecified atom stereocenters. The molecule has 0 bridgehead atoms. The topological polar surface area (TPSA) is 98.6 Å². The molecular formula is C88H52N10O2Pt. The van der Waals surface area contributed by atoms with Gasteiger partial charge in [0.15, 0.2) is 0 Å². The fourth-order valence-electron chi connectivity index (χ4n) is 15.5. The van der Waals surface area contributed by atoms with Gasteiger partial charge >= 0.3 is 21.1 Å². The summed E-state index contributed by atoms with van der Waals surface area (Å²) in [4.78, 5) is 19.0. The Hall–Kier alpha value is -13.2. The molecular weight excluding hydrogens is 1420 g/mol. The van der Waals surface area contributed by atoms with E-state index in [4.69, 9.17) is 19.4 Å². The maximum atomic E-state index is 6.63. The molecule has 10 heterocycles. The number of pyridine rings is 4. The van der Waals surface area contributed by atoms with E-state index in [9.17, 15) is 0 Å². The number of rotatable bonds is 8. The number of fused-ring (bicyclic) bond motifs is 24. The Morgan fingerprint density at radius 1 is 0.257 bits per heavy atom. The number of nitrogens with zero attached hydrogens (tertiary/aromatic N) is 10. The van der Waals surface area contributed by atoms with Crippen molar-refractivity contribution in [3.63, 3.8) is 0 Å². The van der Waals surface area contributed by atoms with Crippen molar-refractivity contribution in [2.75, 3.05) is 0 Å². The normalized spacial score (nSPS) is 11.9. The first-order chi connectivity index (χ1) is 49.6. The molecule has 101 heavy (non-hydrogen) atoms. The van der Waals surface area contributed by atoms with E-state index in [0.29, 0.717) is 11.5 Å². The molecule has 0 aliphatic heterocycles. The van der Waals surface area contributed by atoms with Gasteiger partial charge in [-0.3, -0.25) is 14.0 Å². The summed E-state index contributed by atoms with van der Waals surface area (Å²) in [5, 5.41) is 15.9. The van der Waals surface area contributed by atoms with E-state index in [1.165, 1.54) is 43.4 Å². The molecule has 13 heteroatoms. The number of benzene rings is 12. The van der Waals surface area contributed by atoms with Crippen LogP contribution in [-0.4, -0.2) is 47.0 Å². The zero-order valence-electron chi connectivity index (χ0n) is 53.6. The minimum Gasteiger partial charge on any atom is -0.503 e. The number of ether oxygens (including phenoxy) is 2. The first-order valence-corrected chi connectivity index (χ1v) is 33.3. The summed E-state index contributed by atoms with van der Waals surface area (Å²) >= 11 is 0. The summed E-state index contributed by atoms with van der Waals surface area (Å²) in [6.07, 6.45) is 11.5. The van der Waals surface area contributed by atoms with Crippen molar-refractivity contribution in [1.29, 1.82) is 0 Å². The van der Waals surface area contributed by atoms with Crippen LogP contribution >= 0.6 is 0 Å². The first-order valence-electron chi connectivity index (χ1n) is 33.3. The standard InChI is InChI=1S/C44H27N5O.C44H25N5O.Pt/c2*1-2-10-28(11-3-1)48-38-14-6-5-13-33(38)36-26-35-31-19-17-29(24-37(31)44-46-22-23-47(44)40(35)27-42(36)48)50-30-18-20-34-32-12-4-7-15-39(32)49(41(34)25-30)43-16-8-9-21-45-43;/h1-27H;1-23,26-27H;/q;-2;+2. The van der Waals surface area contributed by atoms with Crippen molar-refractivity contribution in [2.24, 2.45) is 0 Å². The van der Waals surface area contributed by atoms with Gasteiger partial charge in [0.25, 0.3) is 0 Å². The number of para-hydroxylation sites is 6. The molecule has 12 aromatic carbocycles. The zero-order chi connectivity index (χ0) is 65.5. The van der Waals surface area contributed by atoms with Crippen molar-refractivity contribution >= 4 is 142 Å². The number of hydrogen-bond donors (Lipinski definition) is 0. The molecule has 10 aromatic heterocycles. The summed E-state index contributed by atoms with van der Waals surface area (Å²) in [7, 11) is 0. The Kier molecular flexibility index (Phi) is 13.2. The molecule has 0 spiro atoms. The summed E-state index contributed by atoms with van der Waals surface area (Å²) in [5.41, 5.74) is 15.0. The quantitative estimate of drug-likeness (QED) is 0.111. The fourth-order valence-corrected chi connectivity index (χ4v) is 15.5. The van der Waals surface area contributed by atoms with Crippen LogP contribution in [-0.2, 0) is 21.1 Å². The second kappa shape index (κ2) is 23.0. The average Bonchev–Trinajstić information content (AvgIpc) is 1.62. The Labute approximate surface area is 589 Å². The third-order valence-corrected chi connectivity index (χ3v) is 19.8. The van der Waals surface area contributed by atoms with E-state index in [-0.39, 0.29) is 21.1 Å². The molecule has 0 aliphatic rings. The van der Waals surface area contributed by atoms with Gasteiger partial charge in [-0.05, 0) is 137 Å². The van der Waals surface area contributed by atoms with E-state index >= 15 is 0 Å².